The Kier molecular flexibility index (Phi) is 6.29. The van der Waals surface area contributed by atoms with Crippen LogP contribution in [0.15, 0.2) is 29.1 Å². The SMILES string of the molecule is COc1ccc(/C=C/c2nn3c(=S)n([C@@H]4O[C@H](CO)[C@@H](O)[C@H](O)[C@H]4O)nc3n(N)c2=O)cc1. The van der Waals surface area contributed by atoms with Gasteiger partial charge in [-0.1, -0.05) is 18.2 Å². The van der Waals surface area contributed by atoms with Gasteiger partial charge in [0.25, 0.3) is 11.3 Å². The molecule has 0 spiro atoms. The van der Waals surface area contributed by atoms with E-state index in [1.165, 1.54) is 6.08 Å². The number of nitrogen functional groups attached to an aromatic ring is 1. The van der Waals surface area contributed by atoms with E-state index >= 15 is 0 Å². The van der Waals surface area contributed by atoms with Crippen molar-refractivity contribution in [3.05, 3.63) is 50.6 Å². The quantitative estimate of drug-likeness (QED) is 0.208. The molecule has 4 rings (SSSR count). The second-order valence-corrected chi connectivity index (χ2v) is 7.69. The molecular formula is C19H22N6O7S. The minimum absolute atomic E-state index is 0.0368. The van der Waals surface area contributed by atoms with E-state index in [4.69, 9.17) is 27.5 Å². The van der Waals surface area contributed by atoms with E-state index in [9.17, 15) is 25.2 Å². The zero-order valence-electron chi connectivity index (χ0n) is 17.3. The van der Waals surface area contributed by atoms with Crippen LogP contribution in [0, 0.1) is 4.77 Å². The van der Waals surface area contributed by atoms with Crippen molar-refractivity contribution >= 4 is 30.1 Å². The van der Waals surface area contributed by atoms with Crippen molar-refractivity contribution in [2.45, 2.75) is 30.6 Å². The van der Waals surface area contributed by atoms with Crippen molar-refractivity contribution in [1.82, 2.24) is 24.1 Å². The Bertz CT molecular complexity index is 1300. The number of benzene rings is 1. The van der Waals surface area contributed by atoms with Gasteiger partial charge in [-0.25, -0.2) is 4.68 Å². The molecule has 176 valence electrons. The Morgan fingerprint density at radius 2 is 1.85 bits per heavy atom. The summed E-state index contributed by atoms with van der Waals surface area (Å²) in [6, 6.07) is 7.10. The maximum absolute atomic E-state index is 12.7. The third-order valence-corrected chi connectivity index (χ3v) is 5.64. The summed E-state index contributed by atoms with van der Waals surface area (Å²) in [5, 5.41) is 48.1. The van der Waals surface area contributed by atoms with Crippen LogP contribution in [0.5, 0.6) is 5.75 Å². The zero-order chi connectivity index (χ0) is 23.9. The lowest BCUT2D eigenvalue weighted by atomic mass is 9.98. The van der Waals surface area contributed by atoms with E-state index < -0.39 is 42.8 Å². The highest BCUT2D eigenvalue weighted by Crippen LogP contribution is 2.28. The Morgan fingerprint density at radius 1 is 1.15 bits per heavy atom. The summed E-state index contributed by atoms with van der Waals surface area (Å²) in [5.41, 5.74) is 0.0831. The third-order valence-electron chi connectivity index (χ3n) is 5.28. The first-order valence-corrected chi connectivity index (χ1v) is 10.2. The van der Waals surface area contributed by atoms with E-state index in [1.54, 1.807) is 37.5 Å². The first kappa shape index (κ1) is 23.0. The summed E-state index contributed by atoms with van der Waals surface area (Å²) >= 11 is 5.37. The molecule has 1 saturated heterocycles. The summed E-state index contributed by atoms with van der Waals surface area (Å²) in [4.78, 5) is 12.7. The molecule has 3 aromatic rings. The number of nitrogens with two attached hydrogens (primary N) is 1. The van der Waals surface area contributed by atoms with Gasteiger partial charge in [0.1, 0.15) is 30.2 Å². The molecule has 0 amide bonds. The molecule has 1 fully saturated rings. The van der Waals surface area contributed by atoms with Crippen molar-refractivity contribution in [1.29, 1.82) is 0 Å². The van der Waals surface area contributed by atoms with Gasteiger partial charge in [-0.15, -0.1) is 5.10 Å². The van der Waals surface area contributed by atoms with Gasteiger partial charge in [-0.3, -0.25) is 4.79 Å². The topological polar surface area (TPSA) is 183 Å². The van der Waals surface area contributed by atoms with Crippen LogP contribution < -0.4 is 16.1 Å². The van der Waals surface area contributed by atoms with Crippen LogP contribution >= 0.6 is 12.2 Å². The molecule has 5 atom stereocenters. The number of ether oxygens (including phenoxy) is 2. The average Bonchev–Trinajstić information content (AvgIpc) is 3.15. The van der Waals surface area contributed by atoms with E-state index in [-0.39, 0.29) is 16.2 Å². The van der Waals surface area contributed by atoms with E-state index in [0.29, 0.717) is 5.75 Å². The maximum Gasteiger partial charge on any atom is 0.299 e. The minimum atomic E-state index is -1.64. The van der Waals surface area contributed by atoms with Crippen molar-refractivity contribution in [2.24, 2.45) is 0 Å². The van der Waals surface area contributed by atoms with Gasteiger partial charge >= 0.3 is 0 Å². The standard InChI is InChI=1S/C19H22N6O7S/c1-31-10-5-2-9(3-6-10)4-7-11-16(30)23(20)18-22-24(19(33)25(18)21-11)17-15(29)14(28)13(27)12(8-26)32-17/h2-7,12-15,17,26-29H,8,20H2,1H3/b7-4+/t12-,13-,14+,15-,17-/m1/s1. The molecule has 0 bridgehead atoms. The van der Waals surface area contributed by atoms with Crippen molar-refractivity contribution in [2.75, 3.05) is 19.6 Å². The predicted molar refractivity (Wildman–Crippen MR) is 117 cm³/mol. The Morgan fingerprint density at radius 3 is 2.48 bits per heavy atom. The fourth-order valence-electron chi connectivity index (χ4n) is 3.41. The molecular weight excluding hydrogens is 456 g/mol. The summed E-state index contributed by atoms with van der Waals surface area (Å²) in [7, 11) is 1.56. The number of aliphatic hydroxyl groups is 4. The molecule has 0 aliphatic carbocycles. The zero-order valence-corrected chi connectivity index (χ0v) is 18.1. The third kappa shape index (κ3) is 4.03. The van der Waals surface area contributed by atoms with Crippen molar-refractivity contribution in [3.8, 4) is 5.75 Å². The van der Waals surface area contributed by atoms with Crippen LogP contribution in [0.4, 0.5) is 0 Å². The summed E-state index contributed by atoms with van der Waals surface area (Å²) < 4.78 is 13.3. The molecule has 13 nitrogen and oxygen atoms in total. The number of fused-ring (bicyclic) bond motifs is 1. The first-order chi connectivity index (χ1) is 15.8. The molecule has 1 aliphatic heterocycles. The van der Waals surface area contributed by atoms with Crippen molar-refractivity contribution in [3.63, 3.8) is 0 Å². The molecule has 0 radical (unpaired) electrons. The van der Waals surface area contributed by atoms with Gasteiger partial charge in [0.2, 0.25) is 4.77 Å². The normalized spacial score (nSPS) is 25.7. The average molecular weight is 478 g/mol. The summed E-state index contributed by atoms with van der Waals surface area (Å²) in [6.45, 7) is -0.623. The number of aromatic nitrogens is 5. The van der Waals surface area contributed by atoms with Crippen LogP contribution in [0.1, 0.15) is 17.5 Å². The van der Waals surface area contributed by atoms with Gasteiger partial charge in [0, 0.05) is 0 Å². The highest BCUT2D eigenvalue weighted by Gasteiger charge is 2.45. The molecule has 0 saturated carbocycles. The van der Waals surface area contributed by atoms with Gasteiger partial charge in [-0.2, -0.15) is 14.3 Å². The second kappa shape index (κ2) is 9.01. The lowest BCUT2D eigenvalue weighted by molar-refractivity contribution is -0.254. The lowest BCUT2D eigenvalue weighted by Crippen LogP contribution is -2.56. The Balaban J connectivity index is 1.75. The number of hydrogen-bond acceptors (Lipinski definition) is 11. The second-order valence-electron chi connectivity index (χ2n) is 7.33. The fraction of sp³-hybridized carbons (Fsp3) is 0.368. The number of rotatable bonds is 5. The minimum Gasteiger partial charge on any atom is -0.497 e. The fourth-order valence-corrected chi connectivity index (χ4v) is 3.68. The number of hydrogen-bond donors (Lipinski definition) is 5. The number of methoxy groups -OCH3 is 1. The maximum atomic E-state index is 12.7. The van der Waals surface area contributed by atoms with E-state index in [1.807, 2.05) is 0 Å². The van der Waals surface area contributed by atoms with Crippen LogP contribution in [0.25, 0.3) is 17.9 Å². The van der Waals surface area contributed by atoms with Gasteiger partial charge in [-0.05, 0) is 36.0 Å². The lowest BCUT2D eigenvalue weighted by Gasteiger charge is -2.39. The number of nitrogens with zero attached hydrogens (tertiary/aromatic N) is 5. The van der Waals surface area contributed by atoms with Crippen LogP contribution in [-0.4, -0.2) is 82.6 Å². The van der Waals surface area contributed by atoms with Crippen LogP contribution in [-0.2, 0) is 4.74 Å². The highest BCUT2D eigenvalue weighted by atomic mass is 32.1. The smallest absolute Gasteiger partial charge is 0.299 e. The molecule has 3 heterocycles. The monoisotopic (exact) mass is 478 g/mol. The predicted octanol–water partition coefficient (Wildman–Crippen LogP) is -1.71. The van der Waals surface area contributed by atoms with Crippen LogP contribution in [0.2, 0.25) is 0 Å². The largest absolute Gasteiger partial charge is 0.497 e. The number of aliphatic hydroxyl groups excluding tert-OH is 4. The summed E-state index contributed by atoms with van der Waals surface area (Å²) in [6.07, 6.45) is -4.25. The molecule has 0 unspecified atom stereocenters. The molecule has 1 aliphatic rings. The van der Waals surface area contributed by atoms with E-state index in [0.717, 1.165) is 19.4 Å². The van der Waals surface area contributed by atoms with Gasteiger partial charge in [0.15, 0.2) is 11.9 Å². The molecule has 6 N–H and O–H groups in total. The van der Waals surface area contributed by atoms with E-state index in [2.05, 4.69) is 10.2 Å². The highest BCUT2D eigenvalue weighted by molar-refractivity contribution is 7.71. The molecule has 1 aromatic carbocycles. The molecule has 14 heteroatoms. The Hall–Kier alpha value is -3.14. The molecule has 33 heavy (non-hydrogen) atoms. The van der Waals surface area contributed by atoms with Crippen molar-refractivity contribution < 1.29 is 29.9 Å². The van der Waals surface area contributed by atoms with Crippen LogP contribution in [0.3, 0.4) is 0 Å². The van der Waals surface area contributed by atoms with Gasteiger partial charge < -0.3 is 35.7 Å². The summed E-state index contributed by atoms with van der Waals surface area (Å²) in [5.74, 6) is 6.45. The van der Waals surface area contributed by atoms with Gasteiger partial charge in [0.05, 0.1) is 13.7 Å². The molecule has 2 aromatic heterocycles. The first-order valence-electron chi connectivity index (χ1n) is 9.79. The Labute approximate surface area is 191 Å².